The Bertz CT molecular complexity index is 345. The minimum absolute atomic E-state index is 0.746. The van der Waals surface area contributed by atoms with Gasteiger partial charge in [0, 0.05) is 38.4 Å². The molecule has 0 spiro atoms. The summed E-state index contributed by atoms with van der Waals surface area (Å²) < 4.78 is 5.71. The van der Waals surface area contributed by atoms with Gasteiger partial charge in [0.15, 0.2) is 0 Å². The van der Waals surface area contributed by atoms with Gasteiger partial charge in [-0.1, -0.05) is 6.92 Å². The third-order valence-electron chi connectivity index (χ3n) is 3.47. The molecule has 0 bridgehead atoms. The molecule has 0 atom stereocenters. The van der Waals surface area contributed by atoms with Gasteiger partial charge in [-0.05, 0) is 30.8 Å². The number of nitrogen functional groups attached to an aromatic ring is 1. The molecule has 0 unspecified atom stereocenters. The molecule has 1 heterocycles. The molecule has 1 saturated heterocycles. The van der Waals surface area contributed by atoms with Crippen molar-refractivity contribution >= 4 is 5.69 Å². The maximum atomic E-state index is 5.71. The number of benzene rings is 1. The highest BCUT2D eigenvalue weighted by molar-refractivity contribution is 5.41. The van der Waals surface area contributed by atoms with Crippen molar-refractivity contribution in [3.05, 3.63) is 24.3 Å². The smallest absolute Gasteiger partial charge is 0.119 e. The van der Waals surface area contributed by atoms with Gasteiger partial charge < -0.3 is 15.4 Å². The van der Waals surface area contributed by atoms with Crippen LogP contribution in [0.1, 0.15) is 6.92 Å². The lowest BCUT2D eigenvalue weighted by molar-refractivity contribution is 0.121. The SMILES string of the molecule is CCN1CCN(CCOc2ccc(N)cc2)CC1. The summed E-state index contributed by atoms with van der Waals surface area (Å²) in [5.41, 5.74) is 6.41. The van der Waals surface area contributed by atoms with E-state index < -0.39 is 0 Å². The third kappa shape index (κ3) is 3.89. The zero-order valence-corrected chi connectivity index (χ0v) is 11.1. The minimum atomic E-state index is 0.746. The number of hydrogen-bond donors (Lipinski definition) is 1. The number of hydrogen-bond acceptors (Lipinski definition) is 4. The molecule has 0 amide bonds. The Morgan fingerprint density at radius 1 is 1.06 bits per heavy atom. The van der Waals surface area contributed by atoms with E-state index in [2.05, 4.69) is 16.7 Å². The van der Waals surface area contributed by atoms with Gasteiger partial charge in [-0.3, -0.25) is 4.90 Å². The Kier molecular flexibility index (Phi) is 4.84. The van der Waals surface area contributed by atoms with E-state index in [-0.39, 0.29) is 0 Å². The van der Waals surface area contributed by atoms with Gasteiger partial charge in [-0.2, -0.15) is 0 Å². The van der Waals surface area contributed by atoms with E-state index in [1.54, 1.807) is 0 Å². The zero-order chi connectivity index (χ0) is 12.8. The van der Waals surface area contributed by atoms with Crippen LogP contribution in [0, 0.1) is 0 Å². The number of likely N-dealkylation sites (N-methyl/N-ethyl adjacent to an activating group) is 1. The first-order chi connectivity index (χ1) is 8.78. The predicted molar refractivity (Wildman–Crippen MR) is 74.9 cm³/mol. The van der Waals surface area contributed by atoms with Crippen LogP contribution in [-0.4, -0.2) is 55.7 Å². The minimum Gasteiger partial charge on any atom is -0.492 e. The van der Waals surface area contributed by atoms with Crippen LogP contribution in [-0.2, 0) is 0 Å². The van der Waals surface area contributed by atoms with Crippen LogP contribution in [0.15, 0.2) is 24.3 Å². The molecule has 1 aromatic carbocycles. The first-order valence-electron chi connectivity index (χ1n) is 6.71. The number of anilines is 1. The number of rotatable bonds is 5. The summed E-state index contributed by atoms with van der Waals surface area (Å²) in [6.07, 6.45) is 0. The molecule has 0 aliphatic carbocycles. The summed E-state index contributed by atoms with van der Waals surface area (Å²) in [5.74, 6) is 0.899. The van der Waals surface area contributed by atoms with Crippen molar-refractivity contribution in [2.75, 3.05) is 51.6 Å². The average molecular weight is 249 g/mol. The number of nitrogens with zero attached hydrogens (tertiary/aromatic N) is 2. The monoisotopic (exact) mass is 249 g/mol. The lowest BCUT2D eigenvalue weighted by Crippen LogP contribution is -2.47. The van der Waals surface area contributed by atoms with Gasteiger partial charge >= 0.3 is 0 Å². The quantitative estimate of drug-likeness (QED) is 0.798. The largest absolute Gasteiger partial charge is 0.492 e. The molecule has 2 N–H and O–H groups in total. The lowest BCUT2D eigenvalue weighted by atomic mass is 10.3. The zero-order valence-electron chi connectivity index (χ0n) is 11.1. The van der Waals surface area contributed by atoms with E-state index in [0.29, 0.717) is 0 Å². The second kappa shape index (κ2) is 6.61. The molecule has 18 heavy (non-hydrogen) atoms. The average Bonchev–Trinajstić information content (AvgIpc) is 2.42. The molecule has 0 saturated carbocycles. The number of ether oxygens (including phenoxy) is 1. The summed E-state index contributed by atoms with van der Waals surface area (Å²) in [6.45, 7) is 9.79. The van der Waals surface area contributed by atoms with E-state index in [0.717, 1.165) is 44.2 Å². The van der Waals surface area contributed by atoms with E-state index >= 15 is 0 Å². The molecule has 4 nitrogen and oxygen atoms in total. The highest BCUT2D eigenvalue weighted by Gasteiger charge is 2.14. The van der Waals surface area contributed by atoms with Crippen LogP contribution in [0.3, 0.4) is 0 Å². The van der Waals surface area contributed by atoms with Crippen LogP contribution in [0.2, 0.25) is 0 Å². The van der Waals surface area contributed by atoms with Gasteiger partial charge in [0.25, 0.3) is 0 Å². The van der Waals surface area contributed by atoms with E-state index in [9.17, 15) is 0 Å². The standard InChI is InChI=1S/C14H23N3O/c1-2-16-7-9-17(10-8-16)11-12-18-14-5-3-13(15)4-6-14/h3-6H,2,7-12,15H2,1H3. The van der Waals surface area contributed by atoms with Gasteiger partial charge in [-0.15, -0.1) is 0 Å². The molecule has 4 heteroatoms. The molecule has 1 aliphatic heterocycles. The van der Waals surface area contributed by atoms with Gasteiger partial charge in [0.05, 0.1) is 0 Å². The first kappa shape index (κ1) is 13.2. The van der Waals surface area contributed by atoms with Gasteiger partial charge in [-0.25, -0.2) is 0 Å². The van der Waals surface area contributed by atoms with Crippen LogP contribution in [0.4, 0.5) is 5.69 Å². The third-order valence-corrected chi connectivity index (χ3v) is 3.47. The van der Waals surface area contributed by atoms with E-state index in [4.69, 9.17) is 10.5 Å². The fraction of sp³-hybridized carbons (Fsp3) is 0.571. The Morgan fingerprint density at radius 2 is 1.67 bits per heavy atom. The highest BCUT2D eigenvalue weighted by atomic mass is 16.5. The number of nitrogens with two attached hydrogens (primary N) is 1. The summed E-state index contributed by atoms with van der Waals surface area (Å²) in [7, 11) is 0. The van der Waals surface area contributed by atoms with Gasteiger partial charge in [0.2, 0.25) is 0 Å². The molecular weight excluding hydrogens is 226 g/mol. The van der Waals surface area contributed by atoms with Crippen LogP contribution in [0.25, 0.3) is 0 Å². The molecule has 0 aromatic heterocycles. The molecule has 1 aliphatic rings. The molecule has 0 radical (unpaired) electrons. The first-order valence-corrected chi connectivity index (χ1v) is 6.71. The maximum Gasteiger partial charge on any atom is 0.119 e. The van der Waals surface area contributed by atoms with Crippen molar-refractivity contribution in [3.63, 3.8) is 0 Å². The summed E-state index contributed by atoms with van der Waals surface area (Å²) in [4.78, 5) is 4.95. The van der Waals surface area contributed by atoms with Crippen LogP contribution >= 0.6 is 0 Å². The summed E-state index contributed by atoms with van der Waals surface area (Å²) >= 11 is 0. The normalized spacial score (nSPS) is 17.8. The highest BCUT2D eigenvalue weighted by Crippen LogP contribution is 2.13. The fourth-order valence-electron chi connectivity index (χ4n) is 2.19. The maximum absolute atomic E-state index is 5.71. The molecule has 2 rings (SSSR count). The van der Waals surface area contributed by atoms with Crippen molar-refractivity contribution in [3.8, 4) is 5.75 Å². The second-order valence-corrected chi connectivity index (χ2v) is 4.69. The molecule has 1 fully saturated rings. The van der Waals surface area contributed by atoms with Crippen LogP contribution < -0.4 is 10.5 Å². The van der Waals surface area contributed by atoms with Crippen molar-refractivity contribution in [1.82, 2.24) is 9.80 Å². The van der Waals surface area contributed by atoms with Crippen molar-refractivity contribution in [2.24, 2.45) is 0 Å². The molecule has 1 aromatic rings. The summed E-state index contributed by atoms with van der Waals surface area (Å²) in [6, 6.07) is 7.58. The van der Waals surface area contributed by atoms with Gasteiger partial charge in [0.1, 0.15) is 12.4 Å². The summed E-state index contributed by atoms with van der Waals surface area (Å²) in [5, 5.41) is 0. The Labute approximate surface area is 109 Å². The molecule has 100 valence electrons. The molecular formula is C14H23N3O. The predicted octanol–water partition coefficient (Wildman–Crippen LogP) is 1.29. The number of piperazine rings is 1. The van der Waals surface area contributed by atoms with E-state index in [1.807, 2.05) is 24.3 Å². The van der Waals surface area contributed by atoms with Crippen molar-refractivity contribution in [1.29, 1.82) is 0 Å². The van der Waals surface area contributed by atoms with Crippen LogP contribution in [0.5, 0.6) is 5.75 Å². The lowest BCUT2D eigenvalue weighted by Gasteiger charge is -2.33. The van der Waals surface area contributed by atoms with Crippen molar-refractivity contribution in [2.45, 2.75) is 6.92 Å². The second-order valence-electron chi connectivity index (χ2n) is 4.69. The Balaban J connectivity index is 1.65. The topological polar surface area (TPSA) is 41.7 Å². The Morgan fingerprint density at radius 3 is 2.28 bits per heavy atom. The van der Waals surface area contributed by atoms with Crippen molar-refractivity contribution < 1.29 is 4.74 Å². The Hall–Kier alpha value is -1.26. The fourth-order valence-corrected chi connectivity index (χ4v) is 2.19. The van der Waals surface area contributed by atoms with E-state index in [1.165, 1.54) is 13.1 Å².